The molecule has 1 aromatic carbocycles. The van der Waals surface area contributed by atoms with Gasteiger partial charge in [-0.3, -0.25) is 19.4 Å². The Kier molecular flexibility index (Phi) is 2.70. The van der Waals surface area contributed by atoms with Gasteiger partial charge < -0.3 is 10.2 Å². The number of aromatic nitrogens is 2. The number of rotatable bonds is 3. The van der Waals surface area contributed by atoms with E-state index in [9.17, 15) is 14.7 Å². The van der Waals surface area contributed by atoms with Gasteiger partial charge in [-0.15, -0.1) is 0 Å². The average molecular weight is 234 g/mol. The van der Waals surface area contributed by atoms with E-state index >= 15 is 0 Å². The van der Waals surface area contributed by atoms with Crippen molar-refractivity contribution in [3.8, 4) is 11.4 Å². The average Bonchev–Trinajstić information content (AvgIpc) is 2.60. The van der Waals surface area contributed by atoms with Gasteiger partial charge in [0.05, 0.1) is 6.42 Å². The van der Waals surface area contributed by atoms with Crippen molar-refractivity contribution in [3.63, 3.8) is 0 Å². The highest BCUT2D eigenvalue weighted by atomic mass is 16.4. The SMILES string of the molecule is O=C(O)Cc1cn(-c2ccccc2O)[nH]c1=O. The fourth-order valence-electron chi connectivity index (χ4n) is 1.51. The van der Waals surface area contributed by atoms with E-state index in [4.69, 9.17) is 5.11 Å². The number of aromatic hydroxyl groups is 1. The Morgan fingerprint density at radius 1 is 1.35 bits per heavy atom. The molecule has 0 aliphatic carbocycles. The number of carboxylic acids is 1. The van der Waals surface area contributed by atoms with Crippen LogP contribution in [-0.4, -0.2) is 26.0 Å². The zero-order chi connectivity index (χ0) is 12.4. The van der Waals surface area contributed by atoms with Gasteiger partial charge in [0.25, 0.3) is 5.56 Å². The number of hydrogen-bond acceptors (Lipinski definition) is 3. The topological polar surface area (TPSA) is 95.3 Å². The van der Waals surface area contributed by atoms with Crippen LogP contribution in [0.3, 0.4) is 0 Å². The predicted octanol–water partition coefficient (Wildman–Crippen LogP) is 0.498. The summed E-state index contributed by atoms with van der Waals surface area (Å²) in [4.78, 5) is 22.0. The van der Waals surface area contributed by atoms with E-state index < -0.39 is 11.5 Å². The molecule has 6 nitrogen and oxygen atoms in total. The lowest BCUT2D eigenvalue weighted by Crippen LogP contribution is -2.11. The van der Waals surface area contributed by atoms with E-state index in [-0.39, 0.29) is 17.7 Å². The summed E-state index contributed by atoms with van der Waals surface area (Å²) in [7, 11) is 0. The number of aromatic amines is 1. The highest BCUT2D eigenvalue weighted by Crippen LogP contribution is 2.19. The first-order chi connectivity index (χ1) is 8.08. The number of aliphatic carboxylic acids is 1. The van der Waals surface area contributed by atoms with Gasteiger partial charge in [-0.05, 0) is 12.1 Å². The van der Waals surface area contributed by atoms with Crippen LogP contribution in [0.2, 0.25) is 0 Å². The number of carbonyl (C=O) groups is 1. The molecule has 0 fully saturated rings. The molecule has 0 atom stereocenters. The smallest absolute Gasteiger partial charge is 0.308 e. The molecule has 2 aromatic rings. The maximum Gasteiger partial charge on any atom is 0.308 e. The quantitative estimate of drug-likeness (QED) is 0.720. The Morgan fingerprint density at radius 2 is 2.06 bits per heavy atom. The van der Waals surface area contributed by atoms with Gasteiger partial charge in [0.15, 0.2) is 0 Å². The van der Waals surface area contributed by atoms with E-state index in [2.05, 4.69) is 5.10 Å². The summed E-state index contributed by atoms with van der Waals surface area (Å²) >= 11 is 0. The minimum absolute atomic E-state index is 0.000579. The zero-order valence-electron chi connectivity index (χ0n) is 8.75. The molecule has 0 unspecified atom stereocenters. The van der Waals surface area contributed by atoms with E-state index in [1.165, 1.54) is 16.9 Å². The Balaban J connectivity index is 2.45. The van der Waals surface area contributed by atoms with Crippen molar-refractivity contribution in [1.82, 2.24) is 9.78 Å². The van der Waals surface area contributed by atoms with E-state index in [1.807, 2.05) is 0 Å². The van der Waals surface area contributed by atoms with E-state index in [0.29, 0.717) is 5.69 Å². The summed E-state index contributed by atoms with van der Waals surface area (Å²) in [5.74, 6) is -1.08. The highest BCUT2D eigenvalue weighted by molar-refractivity contribution is 5.69. The van der Waals surface area contributed by atoms with Crippen molar-refractivity contribution in [2.75, 3.05) is 0 Å². The summed E-state index contributed by atoms with van der Waals surface area (Å²) < 4.78 is 1.30. The molecular weight excluding hydrogens is 224 g/mol. The number of nitrogens with zero attached hydrogens (tertiary/aromatic N) is 1. The third-order valence-corrected chi connectivity index (χ3v) is 2.28. The highest BCUT2D eigenvalue weighted by Gasteiger charge is 2.10. The zero-order valence-corrected chi connectivity index (χ0v) is 8.75. The number of phenolic OH excluding ortho intramolecular Hbond substituents is 1. The summed E-state index contributed by atoms with van der Waals surface area (Å²) in [6.07, 6.45) is 1.02. The third kappa shape index (κ3) is 2.20. The molecule has 6 heteroatoms. The first kappa shape index (κ1) is 11.0. The van der Waals surface area contributed by atoms with Crippen LogP contribution in [0.15, 0.2) is 35.3 Å². The van der Waals surface area contributed by atoms with Gasteiger partial charge in [-0.25, -0.2) is 0 Å². The molecule has 0 bridgehead atoms. The van der Waals surface area contributed by atoms with Crippen molar-refractivity contribution in [1.29, 1.82) is 0 Å². The Labute approximate surface area is 95.7 Å². The van der Waals surface area contributed by atoms with Gasteiger partial charge in [0, 0.05) is 11.8 Å². The van der Waals surface area contributed by atoms with Gasteiger partial charge in [0.2, 0.25) is 0 Å². The number of hydrogen-bond donors (Lipinski definition) is 3. The van der Waals surface area contributed by atoms with Crippen LogP contribution in [0.25, 0.3) is 5.69 Å². The summed E-state index contributed by atoms with van der Waals surface area (Å²) in [5.41, 5.74) is 0.0534. The standard InChI is InChI=1S/C11H10N2O4/c14-9-4-2-1-3-8(9)13-6-7(5-10(15)16)11(17)12-13/h1-4,6,14H,5H2,(H,12,17)(H,15,16). The monoisotopic (exact) mass is 234 g/mol. The molecule has 1 heterocycles. The molecule has 0 spiro atoms. The Bertz CT molecular complexity index is 612. The fourth-order valence-corrected chi connectivity index (χ4v) is 1.51. The first-order valence-electron chi connectivity index (χ1n) is 4.88. The number of benzene rings is 1. The molecule has 0 saturated carbocycles. The molecule has 0 amide bonds. The van der Waals surface area contributed by atoms with Crippen LogP contribution in [0.5, 0.6) is 5.75 Å². The second-order valence-electron chi connectivity index (χ2n) is 3.52. The molecule has 17 heavy (non-hydrogen) atoms. The van der Waals surface area contributed by atoms with Gasteiger partial charge in [-0.1, -0.05) is 12.1 Å². The molecule has 0 saturated heterocycles. The van der Waals surface area contributed by atoms with Crippen molar-refractivity contribution >= 4 is 5.97 Å². The largest absolute Gasteiger partial charge is 0.506 e. The van der Waals surface area contributed by atoms with Crippen molar-refractivity contribution in [3.05, 3.63) is 46.4 Å². The summed E-state index contributed by atoms with van der Waals surface area (Å²) in [6, 6.07) is 6.43. The molecule has 0 radical (unpaired) electrons. The van der Waals surface area contributed by atoms with Crippen LogP contribution in [0.1, 0.15) is 5.56 Å². The lowest BCUT2D eigenvalue weighted by molar-refractivity contribution is -0.136. The minimum atomic E-state index is -1.08. The van der Waals surface area contributed by atoms with Crippen LogP contribution < -0.4 is 5.56 Å². The first-order valence-corrected chi connectivity index (χ1v) is 4.88. The van der Waals surface area contributed by atoms with E-state index in [1.54, 1.807) is 18.2 Å². The number of para-hydroxylation sites is 2. The molecular formula is C11H10N2O4. The third-order valence-electron chi connectivity index (χ3n) is 2.28. The molecule has 88 valence electrons. The van der Waals surface area contributed by atoms with Crippen molar-refractivity contribution in [2.24, 2.45) is 0 Å². The lowest BCUT2D eigenvalue weighted by atomic mass is 10.2. The number of carboxylic acid groups (broad SMARTS) is 1. The van der Waals surface area contributed by atoms with Crippen LogP contribution in [-0.2, 0) is 11.2 Å². The molecule has 3 N–H and O–H groups in total. The summed E-state index contributed by atoms with van der Waals surface area (Å²) in [6.45, 7) is 0. The van der Waals surface area contributed by atoms with Crippen LogP contribution in [0, 0.1) is 0 Å². The fraction of sp³-hybridized carbons (Fsp3) is 0.0909. The molecule has 1 aromatic heterocycles. The maximum atomic E-state index is 11.4. The predicted molar refractivity (Wildman–Crippen MR) is 59.4 cm³/mol. The lowest BCUT2D eigenvalue weighted by Gasteiger charge is -2.03. The normalized spacial score (nSPS) is 10.4. The number of phenols is 1. The van der Waals surface area contributed by atoms with Crippen LogP contribution in [0.4, 0.5) is 0 Å². The van der Waals surface area contributed by atoms with Gasteiger partial charge in [-0.2, -0.15) is 0 Å². The molecule has 0 aliphatic heterocycles. The number of H-pyrrole nitrogens is 1. The number of nitrogens with one attached hydrogen (secondary N) is 1. The van der Waals surface area contributed by atoms with Gasteiger partial charge >= 0.3 is 5.97 Å². The van der Waals surface area contributed by atoms with Crippen molar-refractivity contribution in [2.45, 2.75) is 6.42 Å². The second-order valence-corrected chi connectivity index (χ2v) is 3.52. The van der Waals surface area contributed by atoms with E-state index in [0.717, 1.165) is 0 Å². The Hall–Kier alpha value is -2.50. The molecule has 2 rings (SSSR count). The van der Waals surface area contributed by atoms with Crippen LogP contribution >= 0.6 is 0 Å². The second kappa shape index (κ2) is 4.17. The van der Waals surface area contributed by atoms with Gasteiger partial charge in [0.1, 0.15) is 11.4 Å². The summed E-state index contributed by atoms with van der Waals surface area (Å²) in [5, 5.41) is 20.6. The molecule has 0 aliphatic rings. The van der Waals surface area contributed by atoms with Crippen molar-refractivity contribution < 1.29 is 15.0 Å². The minimum Gasteiger partial charge on any atom is -0.506 e. The maximum absolute atomic E-state index is 11.4. The Morgan fingerprint density at radius 3 is 2.71 bits per heavy atom.